The van der Waals surface area contributed by atoms with Crippen molar-refractivity contribution in [2.45, 2.75) is 44.9 Å². The van der Waals surface area contributed by atoms with Gasteiger partial charge >= 0.3 is 0 Å². The lowest BCUT2D eigenvalue weighted by Gasteiger charge is -2.29. The Labute approximate surface area is 91.5 Å². The summed E-state index contributed by atoms with van der Waals surface area (Å²) in [5, 5.41) is 0. The molecule has 0 spiro atoms. The van der Waals surface area contributed by atoms with E-state index in [0.29, 0.717) is 11.7 Å². The molecule has 0 amide bonds. The summed E-state index contributed by atoms with van der Waals surface area (Å²) in [7, 11) is 0. The van der Waals surface area contributed by atoms with Gasteiger partial charge in [-0.3, -0.25) is 4.79 Å². The highest BCUT2D eigenvalue weighted by molar-refractivity contribution is 5.84. The van der Waals surface area contributed by atoms with Gasteiger partial charge in [0, 0.05) is 5.92 Å². The quantitative estimate of drug-likeness (QED) is 0.715. The SMILES string of the molecule is CCC1CCC(C(C)=O)c2ccccc21. The fourth-order valence-electron chi connectivity index (χ4n) is 2.73. The number of rotatable bonds is 2. The van der Waals surface area contributed by atoms with Crippen molar-refractivity contribution < 1.29 is 4.79 Å². The van der Waals surface area contributed by atoms with Crippen LogP contribution >= 0.6 is 0 Å². The van der Waals surface area contributed by atoms with Gasteiger partial charge in [-0.15, -0.1) is 0 Å². The van der Waals surface area contributed by atoms with E-state index in [1.54, 1.807) is 6.92 Å². The maximum Gasteiger partial charge on any atom is 0.137 e. The largest absolute Gasteiger partial charge is 0.299 e. The predicted octanol–water partition coefficient (Wildman–Crippen LogP) is 3.65. The van der Waals surface area contributed by atoms with Crippen molar-refractivity contribution in [1.29, 1.82) is 0 Å². The minimum Gasteiger partial charge on any atom is -0.299 e. The van der Waals surface area contributed by atoms with Gasteiger partial charge in [-0.05, 0) is 43.2 Å². The summed E-state index contributed by atoms with van der Waals surface area (Å²) < 4.78 is 0. The third kappa shape index (κ3) is 1.83. The number of benzene rings is 1. The minimum absolute atomic E-state index is 0.156. The molecular weight excluding hydrogens is 184 g/mol. The van der Waals surface area contributed by atoms with Gasteiger partial charge in [0.05, 0.1) is 0 Å². The Balaban J connectivity index is 2.43. The summed E-state index contributed by atoms with van der Waals surface area (Å²) in [5.74, 6) is 1.14. The molecule has 2 atom stereocenters. The normalized spacial score (nSPS) is 24.7. The Bertz CT molecular complexity index is 367. The van der Waals surface area contributed by atoms with Crippen molar-refractivity contribution in [3.05, 3.63) is 35.4 Å². The maximum absolute atomic E-state index is 11.6. The molecule has 0 saturated heterocycles. The zero-order chi connectivity index (χ0) is 10.8. The van der Waals surface area contributed by atoms with Crippen molar-refractivity contribution in [2.24, 2.45) is 0 Å². The van der Waals surface area contributed by atoms with Crippen molar-refractivity contribution >= 4 is 5.78 Å². The maximum atomic E-state index is 11.6. The first-order valence-electron chi connectivity index (χ1n) is 5.83. The molecule has 0 bridgehead atoms. The second-order valence-electron chi connectivity index (χ2n) is 4.47. The van der Waals surface area contributed by atoms with Gasteiger partial charge < -0.3 is 0 Å². The van der Waals surface area contributed by atoms with Gasteiger partial charge in [-0.2, -0.15) is 0 Å². The molecule has 0 fully saturated rings. The summed E-state index contributed by atoms with van der Waals surface area (Å²) in [6.45, 7) is 3.95. The highest BCUT2D eigenvalue weighted by Crippen LogP contribution is 2.40. The third-order valence-electron chi connectivity index (χ3n) is 3.60. The number of carbonyl (C=O) groups excluding carboxylic acids is 1. The molecule has 0 aromatic heterocycles. The van der Waals surface area contributed by atoms with E-state index in [1.165, 1.54) is 17.5 Å². The van der Waals surface area contributed by atoms with Gasteiger partial charge in [0.2, 0.25) is 0 Å². The summed E-state index contributed by atoms with van der Waals surface area (Å²) >= 11 is 0. The van der Waals surface area contributed by atoms with Gasteiger partial charge in [-0.1, -0.05) is 31.2 Å². The van der Waals surface area contributed by atoms with Crippen molar-refractivity contribution in [3.8, 4) is 0 Å². The number of ketones is 1. The van der Waals surface area contributed by atoms with E-state index in [1.807, 2.05) is 6.07 Å². The lowest BCUT2D eigenvalue weighted by Crippen LogP contribution is -2.18. The Morgan fingerprint density at radius 2 is 1.93 bits per heavy atom. The Morgan fingerprint density at radius 3 is 2.53 bits per heavy atom. The Kier molecular flexibility index (Phi) is 2.90. The number of Topliss-reactive ketones (excluding diaryl/α,β-unsaturated/α-hetero) is 1. The predicted molar refractivity (Wildman–Crippen MR) is 62.1 cm³/mol. The zero-order valence-electron chi connectivity index (χ0n) is 9.49. The average molecular weight is 202 g/mol. The topological polar surface area (TPSA) is 17.1 Å². The van der Waals surface area contributed by atoms with Crippen LogP contribution in [0.4, 0.5) is 0 Å². The van der Waals surface area contributed by atoms with E-state index < -0.39 is 0 Å². The van der Waals surface area contributed by atoms with E-state index in [4.69, 9.17) is 0 Å². The Morgan fingerprint density at radius 1 is 1.27 bits per heavy atom. The van der Waals surface area contributed by atoms with Crippen molar-refractivity contribution in [1.82, 2.24) is 0 Å². The van der Waals surface area contributed by atoms with Crippen LogP contribution in [0.3, 0.4) is 0 Å². The molecule has 80 valence electrons. The molecule has 1 aromatic carbocycles. The molecule has 15 heavy (non-hydrogen) atoms. The zero-order valence-corrected chi connectivity index (χ0v) is 9.49. The second kappa shape index (κ2) is 4.18. The minimum atomic E-state index is 0.156. The third-order valence-corrected chi connectivity index (χ3v) is 3.60. The van der Waals surface area contributed by atoms with Crippen LogP contribution in [-0.2, 0) is 4.79 Å². The Hall–Kier alpha value is -1.11. The second-order valence-corrected chi connectivity index (χ2v) is 4.47. The van der Waals surface area contributed by atoms with E-state index >= 15 is 0 Å². The van der Waals surface area contributed by atoms with Crippen LogP contribution < -0.4 is 0 Å². The van der Waals surface area contributed by atoms with Crippen LogP contribution in [0.1, 0.15) is 56.1 Å². The van der Waals surface area contributed by atoms with Gasteiger partial charge in [0.15, 0.2) is 0 Å². The lowest BCUT2D eigenvalue weighted by molar-refractivity contribution is -0.118. The molecule has 0 saturated carbocycles. The van der Waals surface area contributed by atoms with Gasteiger partial charge in [-0.25, -0.2) is 0 Å². The van der Waals surface area contributed by atoms with E-state index in [0.717, 1.165) is 12.8 Å². The highest BCUT2D eigenvalue weighted by Gasteiger charge is 2.28. The molecule has 1 aromatic rings. The van der Waals surface area contributed by atoms with Crippen LogP contribution in [0, 0.1) is 0 Å². The molecule has 0 aliphatic heterocycles. The first-order chi connectivity index (χ1) is 7.24. The molecule has 2 unspecified atom stereocenters. The van der Waals surface area contributed by atoms with E-state index in [9.17, 15) is 4.79 Å². The van der Waals surface area contributed by atoms with Crippen LogP contribution in [0.15, 0.2) is 24.3 Å². The van der Waals surface area contributed by atoms with Crippen LogP contribution in [0.25, 0.3) is 0 Å². The molecule has 1 aliphatic rings. The van der Waals surface area contributed by atoms with E-state index in [2.05, 4.69) is 25.1 Å². The molecule has 0 N–H and O–H groups in total. The lowest BCUT2D eigenvalue weighted by atomic mass is 9.74. The standard InChI is InChI=1S/C14H18O/c1-3-11-8-9-12(10(2)15)14-7-5-4-6-13(11)14/h4-7,11-12H,3,8-9H2,1-2H3. The number of hydrogen-bond donors (Lipinski definition) is 0. The smallest absolute Gasteiger partial charge is 0.137 e. The van der Waals surface area contributed by atoms with Crippen LogP contribution in [0.2, 0.25) is 0 Å². The monoisotopic (exact) mass is 202 g/mol. The molecule has 1 heteroatoms. The summed E-state index contributed by atoms with van der Waals surface area (Å²) in [6, 6.07) is 8.46. The molecule has 0 radical (unpaired) electrons. The molecule has 2 rings (SSSR count). The van der Waals surface area contributed by atoms with Gasteiger partial charge in [0.25, 0.3) is 0 Å². The summed E-state index contributed by atoms with van der Waals surface area (Å²) in [6.07, 6.45) is 3.38. The average Bonchev–Trinajstić information content (AvgIpc) is 2.27. The molecule has 0 heterocycles. The fourth-order valence-corrected chi connectivity index (χ4v) is 2.73. The molecule has 1 nitrogen and oxygen atoms in total. The van der Waals surface area contributed by atoms with Crippen LogP contribution in [0.5, 0.6) is 0 Å². The summed E-state index contributed by atoms with van der Waals surface area (Å²) in [5.41, 5.74) is 2.69. The molecular formula is C14H18O. The van der Waals surface area contributed by atoms with Gasteiger partial charge in [0.1, 0.15) is 5.78 Å². The van der Waals surface area contributed by atoms with E-state index in [-0.39, 0.29) is 5.92 Å². The summed E-state index contributed by atoms with van der Waals surface area (Å²) in [4.78, 5) is 11.6. The highest BCUT2D eigenvalue weighted by atomic mass is 16.1. The first kappa shape index (κ1) is 10.4. The van der Waals surface area contributed by atoms with Crippen LogP contribution in [-0.4, -0.2) is 5.78 Å². The van der Waals surface area contributed by atoms with Crippen molar-refractivity contribution in [2.75, 3.05) is 0 Å². The number of carbonyl (C=O) groups is 1. The number of hydrogen-bond acceptors (Lipinski definition) is 1. The first-order valence-corrected chi connectivity index (χ1v) is 5.83. The number of fused-ring (bicyclic) bond motifs is 1. The molecule has 1 aliphatic carbocycles. The van der Waals surface area contributed by atoms with Crippen molar-refractivity contribution in [3.63, 3.8) is 0 Å². The fraction of sp³-hybridized carbons (Fsp3) is 0.500.